The van der Waals surface area contributed by atoms with E-state index in [9.17, 15) is 0 Å². The second kappa shape index (κ2) is 3.98. The summed E-state index contributed by atoms with van der Waals surface area (Å²) in [5.41, 5.74) is 7.26. The zero-order valence-corrected chi connectivity index (χ0v) is 12.7. The predicted octanol–water partition coefficient (Wildman–Crippen LogP) is 4.21. The van der Waals surface area contributed by atoms with E-state index >= 15 is 0 Å². The standard InChI is InChI=1S/C17H31N/c1-11(18)5-15-13-6-12-7-14(15)10-17(8-12,9-13)16(2,3)4/h11-15H,5-10,18H2,1-4H3. The monoisotopic (exact) mass is 249 g/mol. The molecule has 1 nitrogen and oxygen atoms in total. The molecular formula is C17H31N. The van der Waals surface area contributed by atoms with E-state index in [1.165, 1.54) is 38.5 Å². The second-order valence-electron chi connectivity index (χ2n) is 8.88. The molecule has 4 aliphatic rings. The van der Waals surface area contributed by atoms with Gasteiger partial charge in [0.15, 0.2) is 0 Å². The highest BCUT2D eigenvalue weighted by atomic mass is 14.7. The van der Waals surface area contributed by atoms with Crippen LogP contribution in [0.1, 0.15) is 66.2 Å². The molecule has 3 unspecified atom stereocenters. The molecule has 4 rings (SSSR count). The van der Waals surface area contributed by atoms with Crippen LogP contribution >= 0.6 is 0 Å². The van der Waals surface area contributed by atoms with Crippen molar-refractivity contribution in [3.63, 3.8) is 0 Å². The lowest BCUT2D eigenvalue weighted by Gasteiger charge is -2.64. The largest absolute Gasteiger partial charge is 0.328 e. The highest BCUT2D eigenvalue weighted by Gasteiger charge is 2.58. The van der Waals surface area contributed by atoms with Crippen molar-refractivity contribution in [3.8, 4) is 0 Å². The van der Waals surface area contributed by atoms with E-state index < -0.39 is 0 Å². The Morgan fingerprint density at radius 3 is 2.11 bits per heavy atom. The SMILES string of the molecule is CC(N)CC1C2CC3CC1CC(C(C)(C)C)(C3)C2. The topological polar surface area (TPSA) is 26.0 Å². The highest BCUT2D eigenvalue weighted by Crippen LogP contribution is 2.67. The normalized spacial score (nSPS) is 48.5. The van der Waals surface area contributed by atoms with Gasteiger partial charge < -0.3 is 5.73 Å². The van der Waals surface area contributed by atoms with Gasteiger partial charge in [0.2, 0.25) is 0 Å². The second-order valence-corrected chi connectivity index (χ2v) is 8.88. The number of rotatable bonds is 2. The molecule has 0 aromatic rings. The quantitative estimate of drug-likeness (QED) is 0.779. The highest BCUT2D eigenvalue weighted by molar-refractivity contribution is 5.08. The van der Waals surface area contributed by atoms with Crippen LogP contribution in [0.25, 0.3) is 0 Å². The summed E-state index contributed by atoms with van der Waals surface area (Å²) in [5, 5.41) is 0. The summed E-state index contributed by atoms with van der Waals surface area (Å²) in [6, 6.07) is 0.401. The molecule has 0 aliphatic heterocycles. The maximum Gasteiger partial charge on any atom is 0.00133 e. The van der Waals surface area contributed by atoms with Crippen molar-refractivity contribution in [2.24, 2.45) is 40.2 Å². The molecule has 0 aromatic carbocycles. The van der Waals surface area contributed by atoms with E-state index in [-0.39, 0.29) is 0 Å². The molecule has 0 radical (unpaired) electrons. The van der Waals surface area contributed by atoms with Crippen LogP contribution in [-0.2, 0) is 0 Å². The van der Waals surface area contributed by atoms with Gasteiger partial charge in [0, 0.05) is 6.04 Å². The summed E-state index contributed by atoms with van der Waals surface area (Å²) in [7, 11) is 0. The minimum absolute atomic E-state index is 0.401. The molecule has 0 amide bonds. The lowest BCUT2D eigenvalue weighted by molar-refractivity contribution is -0.146. The summed E-state index contributed by atoms with van der Waals surface area (Å²) < 4.78 is 0. The van der Waals surface area contributed by atoms with Gasteiger partial charge in [-0.25, -0.2) is 0 Å². The van der Waals surface area contributed by atoms with Crippen LogP contribution in [0.4, 0.5) is 0 Å². The zero-order valence-electron chi connectivity index (χ0n) is 12.7. The van der Waals surface area contributed by atoms with Crippen LogP contribution in [0.2, 0.25) is 0 Å². The maximum atomic E-state index is 6.09. The predicted molar refractivity (Wildman–Crippen MR) is 77.2 cm³/mol. The minimum atomic E-state index is 0.401. The molecule has 1 heteroatoms. The third-order valence-electron chi connectivity index (χ3n) is 6.70. The Bertz CT molecular complexity index is 309. The average Bonchev–Trinajstić information content (AvgIpc) is 2.20. The molecular weight excluding hydrogens is 218 g/mol. The fourth-order valence-electron chi connectivity index (χ4n) is 5.86. The van der Waals surface area contributed by atoms with Crippen molar-refractivity contribution in [2.75, 3.05) is 0 Å². The molecule has 4 fully saturated rings. The summed E-state index contributed by atoms with van der Waals surface area (Å²) in [6.45, 7) is 9.66. The van der Waals surface area contributed by atoms with Gasteiger partial charge in [-0.3, -0.25) is 0 Å². The van der Waals surface area contributed by atoms with E-state index in [0.29, 0.717) is 16.9 Å². The van der Waals surface area contributed by atoms with Crippen LogP contribution in [-0.4, -0.2) is 6.04 Å². The van der Waals surface area contributed by atoms with Crippen LogP contribution in [0.3, 0.4) is 0 Å². The molecule has 0 heterocycles. The van der Waals surface area contributed by atoms with Crippen molar-refractivity contribution >= 4 is 0 Å². The fraction of sp³-hybridized carbons (Fsp3) is 1.00. The number of hydrogen-bond acceptors (Lipinski definition) is 1. The molecule has 4 bridgehead atoms. The van der Waals surface area contributed by atoms with Crippen molar-refractivity contribution in [2.45, 2.75) is 72.3 Å². The van der Waals surface area contributed by atoms with E-state index in [4.69, 9.17) is 5.73 Å². The van der Waals surface area contributed by atoms with Gasteiger partial charge in [0.25, 0.3) is 0 Å². The van der Waals surface area contributed by atoms with Gasteiger partial charge in [0.1, 0.15) is 0 Å². The van der Waals surface area contributed by atoms with E-state index in [1.54, 1.807) is 0 Å². The molecule has 0 saturated heterocycles. The third-order valence-corrected chi connectivity index (χ3v) is 6.70. The molecule has 3 atom stereocenters. The smallest absolute Gasteiger partial charge is 0.00133 e. The fourth-order valence-corrected chi connectivity index (χ4v) is 5.86. The summed E-state index contributed by atoms with van der Waals surface area (Å²) in [5.74, 6) is 4.01. The number of nitrogens with two attached hydrogens (primary N) is 1. The Balaban J connectivity index is 1.84. The van der Waals surface area contributed by atoms with Crippen LogP contribution in [0.15, 0.2) is 0 Å². The number of hydrogen-bond donors (Lipinski definition) is 1. The van der Waals surface area contributed by atoms with Crippen molar-refractivity contribution in [1.82, 2.24) is 0 Å². The van der Waals surface area contributed by atoms with Crippen LogP contribution < -0.4 is 5.73 Å². The molecule has 104 valence electrons. The van der Waals surface area contributed by atoms with Crippen LogP contribution in [0, 0.1) is 34.5 Å². The van der Waals surface area contributed by atoms with E-state index in [0.717, 1.165) is 23.7 Å². The first-order valence-corrected chi connectivity index (χ1v) is 8.06. The Morgan fingerprint density at radius 1 is 1.11 bits per heavy atom. The summed E-state index contributed by atoms with van der Waals surface area (Å²) in [6.07, 6.45) is 8.84. The van der Waals surface area contributed by atoms with Gasteiger partial charge in [-0.05, 0) is 80.0 Å². The summed E-state index contributed by atoms with van der Waals surface area (Å²) >= 11 is 0. The van der Waals surface area contributed by atoms with Gasteiger partial charge in [0.05, 0.1) is 0 Å². The van der Waals surface area contributed by atoms with E-state index in [2.05, 4.69) is 27.7 Å². The lowest BCUT2D eigenvalue weighted by Crippen LogP contribution is -2.56. The molecule has 4 aliphatic carbocycles. The molecule has 0 spiro atoms. The van der Waals surface area contributed by atoms with E-state index in [1.807, 2.05) is 0 Å². The van der Waals surface area contributed by atoms with Gasteiger partial charge in [-0.15, -0.1) is 0 Å². The zero-order chi connectivity index (χ0) is 13.1. The first-order chi connectivity index (χ1) is 8.31. The van der Waals surface area contributed by atoms with Crippen molar-refractivity contribution < 1.29 is 0 Å². The first-order valence-electron chi connectivity index (χ1n) is 8.06. The van der Waals surface area contributed by atoms with Crippen molar-refractivity contribution in [1.29, 1.82) is 0 Å². The minimum Gasteiger partial charge on any atom is -0.328 e. The maximum absolute atomic E-state index is 6.09. The van der Waals surface area contributed by atoms with Gasteiger partial charge >= 0.3 is 0 Å². The van der Waals surface area contributed by atoms with Crippen molar-refractivity contribution in [3.05, 3.63) is 0 Å². The average molecular weight is 249 g/mol. The summed E-state index contributed by atoms with van der Waals surface area (Å²) in [4.78, 5) is 0. The van der Waals surface area contributed by atoms with Crippen LogP contribution in [0.5, 0.6) is 0 Å². The Hall–Kier alpha value is -0.0400. The van der Waals surface area contributed by atoms with Gasteiger partial charge in [-0.2, -0.15) is 0 Å². The molecule has 4 saturated carbocycles. The third kappa shape index (κ3) is 1.85. The Morgan fingerprint density at radius 2 is 1.67 bits per heavy atom. The molecule has 0 aromatic heterocycles. The Labute approximate surface area is 113 Å². The lowest BCUT2D eigenvalue weighted by atomic mass is 9.41. The molecule has 18 heavy (non-hydrogen) atoms. The first kappa shape index (κ1) is 13.0. The van der Waals surface area contributed by atoms with Gasteiger partial charge in [-0.1, -0.05) is 20.8 Å². The molecule has 2 N–H and O–H groups in total. The Kier molecular flexibility index (Phi) is 2.86.